The molecule has 0 amide bonds. The van der Waals surface area contributed by atoms with Gasteiger partial charge in [-0.05, 0) is 127 Å². The Morgan fingerprint density at radius 1 is 0.654 bits per heavy atom. The number of hydrogen-bond donors (Lipinski definition) is 3. The number of aliphatic hydroxyl groups is 3. The summed E-state index contributed by atoms with van der Waals surface area (Å²) in [4.78, 5) is 76.3. The van der Waals surface area contributed by atoms with Gasteiger partial charge < -0.3 is 38.2 Å². The minimum Gasteiger partial charge on any atom is -0.388 e. The van der Waals surface area contributed by atoms with Crippen LogP contribution in [0.3, 0.4) is 0 Å². The molecule has 8 rings (SSSR count). The summed E-state index contributed by atoms with van der Waals surface area (Å²) in [7, 11) is -13.3. The minimum absolute atomic E-state index is 0.00139. The van der Waals surface area contributed by atoms with Crippen LogP contribution in [0.4, 0.5) is 13.2 Å². The summed E-state index contributed by atoms with van der Waals surface area (Å²) in [6, 6.07) is 0. The number of alkyl halides is 3. The molecule has 0 heterocycles. The largest absolute Gasteiger partial charge is 0.523 e. The number of ketones is 6. The molecule has 0 bridgehead atoms. The number of carbonyl (C=O) groups excluding carboxylic acids is 6. The second-order valence-corrected chi connectivity index (χ2v) is 28.0. The fourth-order valence-electron chi connectivity index (χ4n) is 14.7. The first-order valence-corrected chi connectivity index (χ1v) is 31.4. The third kappa shape index (κ3) is 11.6. The highest BCUT2D eigenvalue weighted by molar-refractivity contribution is 7.87. The van der Waals surface area contributed by atoms with E-state index in [1.54, 1.807) is 38.2 Å². The fourth-order valence-corrected chi connectivity index (χ4v) is 18.2. The molecule has 12 atom stereocenters. The molecule has 25 heteroatoms. The highest BCUT2D eigenvalue weighted by Gasteiger charge is 2.70. The van der Waals surface area contributed by atoms with E-state index in [2.05, 4.69) is 13.2 Å². The Hall–Kier alpha value is -3.18. The van der Waals surface area contributed by atoms with Crippen LogP contribution in [-0.4, -0.2) is 127 Å². The van der Waals surface area contributed by atoms with Crippen LogP contribution < -0.4 is 0 Å². The highest BCUT2D eigenvalue weighted by Crippen LogP contribution is 2.68. The molecule has 0 aromatic carbocycles. The molecule has 6 saturated carbocycles. The predicted octanol–water partition coefficient (Wildman–Crippen LogP) is 7.86. The molecular formula is C53H75F3O19P2S. The van der Waals surface area contributed by atoms with Crippen molar-refractivity contribution in [2.75, 3.05) is 52.3 Å². The van der Waals surface area contributed by atoms with Crippen LogP contribution in [0.2, 0.25) is 0 Å². The average molecular weight is 1170 g/mol. The Labute approximate surface area is 453 Å². The second-order valence-electron chi connectivity index (χ2n) is 22.4. The number of rotatable bonds is 18. The maximum atomic E-state index is 13.6. The van der Waals surface area contributed by atoms with Crippen LogP contribution in [0, 0.1) is 57.2 Å². The van der Waals surface area contributed by atoms with Gasteiger partial charge in [-0.3, -0.25) is 42.1 Å². The van der Waals surface area contributed by atoms with Crippen LogP contribution in [-0.2, 0) is 75.0 Å². The van der Waals surface area contributed by atoms with E-state index in [9.17, 15) is 74.8 Å². The number of Topliss-reactive ketones (excluding diaryl/α,β-unsaturated/α-hetero) is 4. The van der Waals surface area contributed by atoms with Gasteiger partial charge in [0.05, 0.1) is 26.4 Å². The molecule has 0 aromatic rings. The zero-order chi connectivity index (χ0) is 58.3. The van der Waals surface area contributed by atoms with Gasteiger partial charge in [-0.25, -0.2) is 0 Å². The number of hydrogen-bond acceptors (Lipinski definition) is 19. The van der Waals surface area contributed by atoms with Gasteiger partial charge in [-0.15, -0.1) is 0 Å². The van der Waals surface area contributed by atoms with E-state index in [4.69, 9.17) is 13.8 Å². The van der Waals surface area contributed by atoms with E-state index in [1.165, 1.54) is 13.8 Å². The molecule has 19 nitrogen and oxygen atoms in total. The van der Waals surface area contributed by atoms with Crippen LogP contribution in [0.25, 0.3) is 0 Å². The van der Waals surface area contributed by atoms with Crippen molar-refractivity contribution in [2.45, 2.75) is 136 Å². The summed E-state index contributed by atoms with van der Waals surface area (Å²) in [6.45, 7) is 13.0. The van der Waals surface area contributed by atoms with Crippen molar-refractivity contribution in [3.63, 3.8) is 0 Å². The van der Waals surface area contributed by atoms with E-state index in [0.717, 1.165) is 36.8 Å². The number of allylic oxidation sites excluding steroid dienone is 8. The van der Waals surface area contributed by atoms with Crippen LogP contribution in [0.1, 0.15) is 120 Å². The van der Waals surface area contributed by atoms with Gasteiger partial charge in [0, 0.05) is 46.3 Å². The van der Waals surface area contributed by atoms with E-state index in [0.29, 0.717) is 19.3 Å². The lowest BCUT2D eigenvalue weighted by atomic mass is 9.46. The van der Waals surface area contributed by atoms with E-state index < -0.39 is 94.8 Å². The van der Waals surface area contributed by atoms with Crippen molar-refractivity contribution in [3.8, 4) is 0 Å². The molecule has 0 aromatic heterocycles. The highest BCUT2D eigenvalue weighted by atomic mass is 32.2. The summed E-state index contributed by atoms with van der Waals surface area (Å²) >= 11 is 0. The monoisotopic (exact) mass is 1170 g/mol. The predicted molar refractivity (Wildman–Crippen MR) is 274 cm³/mol. The SMILES string of the molecule is CCOP(=O)(COCC(=O)[C@@]1(O)CC[C@H]2[C@@H]3CCC4=CC(=O)C=C[C@]4(C)[C@H]3C(=O)C[C@@]21C)OCC.CCOP(=O)(COS(=O)(=O)C(F)(F)F)OCC.C[C@]12C=CC(=O)C=C1CC[C@@H]1[C@@H]2C(=O)C[C@@]2(C)[C@H]1CC[C@]2(O)C(=O)CO. The van der Waals surface area contributed by atoms with Gasteiger partial charge in [0.25, 0.3) is 0 Å². The van der Waals surface area contributed by atoms with Crippen LogP contribution >= 0.6 is 15.2 Å². The van der Waals surface area contributed by atoms with Crippen molar-refractivity contribution >= 4 is 60.0 Å². The lowest BCUT2D eigenvalue weighted by molar-refractivity contribution is -0.170. The van der Waals surface area contributed by atoms with Gasteiger partial charge in [-0.1, -0.05) is 51.0 Å². The summed E-state index contributed by atoms with van der Waals surface area (Å²) in [5, 5.41) is 32.2. The van der Waals surface area contributed by atoms with Gasteiger partial charge in [0.1, 0.15) is 42.3 Å². The molecule has 3 N–H and O–H groups in total. The second kappa shape index (κ2) is 23.6. The van der Waals surface area contributed by atoms with Crippen molar-refractivity contribution in [1.82, 2.24) is 0 Å². The standard InChI is InChI=1S/C26H37O8P.C21H26O5.C6H12F3O6PS/c1-5-33-35(31,34-6-2)16-32-15-22(29)26(30)12-10-20-19-8-7-17-13-18(27)9-11-24(17,3)23(19)21(28)14-25(20,26)4;1-19-7-5-13(23)9-12(19)3-4-14-15-6-8-21(26,17(25)11-22)20(15,2)10-16(24)18(14)19;1-3-13-16(10,14-4-2)5-15-17(11,12)6(7,8)9/h9,11,13,19-20,23,30H,5-8,10,12,14-16H2,1-4H3;5,7,9,14-15,18,22,26H,3-4,6,8,10-11H2,1-2H3;3-5H2,1-2H3/t19-,20-,23+,24-,25-,26-;14-,15-,18+,19-,20-,21-;/m00./s1. The first-order chi connectivity index (χ1) is 36.2. The molecule has 0 radical (unpaired) electrons. The molecule has 0 unspecified atom stereocenters. The molecule has 438 valence electrons. The Morgan fingerprint density at radius 3 is 1.41 bits per heavy atom. The Morgan fingerprint density at radius 2 is 1.04 bits per heavy atom. The molecule has 0 aliphatic heterocycles. The molecule has 0 saturated heterocycles. The number of ether oxygens (including phenoxy) is 1. The van der Waals surface area contributed by atoms with Gasteiger partial charge in [-0.2, -0.15) is 21.6 Å². The van der Waals surface area contributed by atoms with Crippen LogP contribution in [0.15, 0.2) is 47.6 Å². The van der Waals surface area contributed by atoms with E-state index >= 15 is 0 Å². The molecule has 6 fully saturated rings. The summed E-state index contributed by atoms with van der Waals surface area (Å²) in [5.74, 6) is -1.33. The average Bonchev–Trinajstić information content (AvgIpc) is 3.85. The van der Waals surface area contributed by atoms with Gasteiger partial charge >= 0.3 is 30.8 Å². The zero-order valence-electron chi connectivity index (χ0n) is 45.5. The quantitative estimate of drug-likeness (QED) is 0.0668. The van der Waals surface area contributed by atoms with E-state index in [1.807, 2.05) is 39.8 Å². The Balaban J connectivity index is 0.000000202. The van der Waals surface area contributed by atoms with Crippen molar-refractivity contribution in [2.24, 2.45) is 57.2 Å². The smallest absolute Gasteiger partial charge is 0.388 e. The van der Waals surface area contributed by atoms with Crippen LogP contribution in [0.5, 0.6) is 0 Å². The van der Waals surface area contributed by atoms with Gasteiger partial charge in [0.15, 0.2) is 29.5 Å². The lowest BCUT2D eigenvalue weighted by Crippen LogP contribution is -2.60. The molecule has 78 heavy (non-hydrogen) atoms. The number of aliphatic hydroxyl groups excluding tert-OH is 1. The summed E-state index contributed by atoms with van der Waals surface area (Å²) in [5.41, 5.74) is -9.53. The van der Waals surface area contributed by atoms with E-state index in [-0.39, 0.29) is 111 Å². The molecule has 8 aliphatic rings. The Bertz CT molecular complexity index is 2700. The maximum absolute atomic E-state index is 13.6. The zero-order valence-corrected chi connectivity index (χ0v) is 48.1. The van der Waals surface area contributed by atoms with Crippen molar-refractivity contribution in [3.05, 3.63) is 47.6 Å². The normalized spacial score (nSPS) is 36.0. The lowest BCUT2D eigenvalue weighted by Gasteiger charge is -2.56. The third-order valence-corrected chi connectivity index (χ3v) is 23.0. The molecular weight excluding hydrogens is 1090 g/mol. The summed E-state index contributed by atoms with van der Waals surface area (Å²) < 4.78 is 110. The molecule has 8 aliphatic carbocycles. The summed E-state index contributed by atoms with van der Waals surface area (Å²) in [6.07, 6.45) is 13.7. The number of fused-ring (bicyclic) bond motifs is 10. The fraction of sp³-hybridized carbons (Fsp3) is 0.736. The third-order valence-electron chi connectivity index (χ3n) is 18.3. The maximum Gasteiger partial charge on any atom is 0.523 e. The minimum atomic E-state index is -5.80. The molecule has 0 spiro atoms. The van der Waals surface area contributed by atoms with Crippen molar-refractivity contribution < 1.29 is 102 Å². The number of carbonyl (C=O) groups is 6. The van der Waals surface area contributed by atoms with Crippen molar-refractivity contribution in [1.29, 1.82) is 0 Å². The number of halogens is 3. The topological polar surface area (TPSA) is 287 Å². The Kier molecular flexibility index (Phi) is 19.4. The first kappa shape index (κ1) is 64.0. The van der Waals surface area contributed by atoms with Gasteiger partial charge in [0.2, 0.25) is 0 Å². The first-order valence-electron chi connectivity index (χ1n) is 26.5.